The van der Waals surface area contributed by atoms with E-state index in [9.17, 15) is 0 Å². The maximum absolute atomic E-state index is 8.65. The van der Waals surface area contributed by atoms with Crippen molar-refractivity contribution in [2.45, 2.75) is 19.3 Å². The van der Waals surface area contributed by atoms with Crippen LogP contribution < -0.4 is 5.32 Å². The van der Waals surface area contributed by atoms with Gasteiger partial charge in [-0.25, -0.2) is 0 Å². The van der Waals surface area contributed by atoms with E-state index in [1.54, 1.807) is 4.68 Å². The Balaban J connectivity index is 1.86. The third-order valence-electron chi connectivity index (χ3n) is 2.78. The van der Waals surface area contributed by atoms with Crippen LogP contribution in [0.15, 0.2) is 12.4 Å². The number of nitrogens with one attached hydrogen (secondary N) is 1. The number of aryl methyl sites for hydroxylation is 1. The third kappa shape index (κ3) is 1.87. The highest BCUT2D eigenvalue weighted by atomic mass is 15.3. The van der Waals surface area contributed by atoms with Crippen LogP contribution in [-0.2, 0) is 7.05 Å². The highest BCUT2D eigenvalue weighted by Gasteiger charge is 2.42. The van der Waals surface area contributed by atoms with Crippen LogP contribution in [0.4, 0.5) is 5.69 Å². The number of anilines is 1. The zero-order valence-electron chi connectivity index (χ0n) is 8.32. The van der Waals surface area contributed by atoms with Crippen LogP contribution in [0.1, 0.15) is 19.3 Å². The van der Waals surface area contributed by atoms with Crippen molar-refractivity contribution in [3.05, 3.63) is 12.4 Å². The minimum absolute atomic E-state index is 0.255. The highest BCUT2D eigenvalue weighted by Crippen LogP contribution is 2.48. The van der Waals surface area contributed by atoms with Gasteiger partial charge in [0.25, 0.3) is 0 Å². The number of aromatic nitrogens is 2. The summed E-state index contributed by atoms with van der Waals surface area (Å²) in [4.78, 5) is 0. The molecule has 74 valence electrons. The Bertz CT molecular complexity index is 356. The van der Waals surface area contributed by atoms with Gasteiger partial charge >= 0.3 is 0 Å². The molecule has 1 saturated carbocycles. The summed E-state index contributed by atoms with van der Waals surface area (Å²) in [5.41, 5.74) is 1.29. The Morgan fingerprint density at radius 3 is 3.00 bits per heavy atom. The van der Waals surface area contributed by atoms with E-state index in [0.717, 1.165) is 12.2 Å². The van der Waals surface area contributed by atoms with Gasteiger partial charge < -0.3 is 5.32 Å². The van der Waals surface area contributed by atoms with Crippen LogP contribution in [0, 0.1) is 16.7 Å². The van der Waals surface area contributed by atoms with E-state index in [0.29, 0.717) is 6.42 Å². The zero-order chi connectivity index (χ0) is 10.0. The average molecular weight is 190 g/mol. The predicted molar refractivity (Wildman–Crippen MR) is 53.6 cm³/mol. The zero-order valence-corrected chi connectivity index (χ0v) is 8.32. The Morgan fingerprint density at radius 2 is 2.50 bits per heavy atom. The van der Waals surface area contributed by atoms with Gasteiger partial charge in [0.15, 0.2) is 0 Å². The Labute approximate surface area is 83.5 Å². The highest BCUT2D eigenvalue weighted by molar-refractivity contribution is 5.38. The summed E-state index contributed by atoms with van der Waals surface area (Å²) in [6.45, 7) is 0.895. The monoisotopic (exact) mass is 190 g/mol. The van der Waals surface area contributed by atoms with Crippen molar-refractivity contribution >= 4 is 5.69 Å². The first-order valence-electron chi connectivity index (χ1n) is 4.84. The van der Waals surface area contributed by atoms with Crippen LogP contribution in [0.25, 0.3) is 0 Å². The van der Waals surface area contributed by atoms with Gasteiger partial charge in [-0.1, -0.05) is 0 Å². The molecule has 0 radical (unpaired) electrons. The Kier molecular flexibility index (Phi) is 2.16. The largest absolute Gasteiger partial charge is 0.382 e. The molecule has 1 fully saturated rings. The van der Waals surface area contributed by atoms with Crippen molar-refractivity contribution in [3.8, 4) is 6.07 Å². The summed E-state index contributed by atoms with van der Waals surface area (Å²) < 4.78 is 1.77. The fourth-order valence-corrected chi connectivity index (χ4v) is 1.56. The van der Waals surface area contributed by atoms with Gasteiger partial charge in [0.1, 0.15) is 0 Å². The molecule has 0 amide bonds. The third-order valence-corrected chi connectivity index (χ3v) is 2.78. The molecule has 4 heteroatoms. The molecule has 0 bridgehead atoms. The number of hydrogen-bond donors (Lipinski definition) is 1. The van der Waals surface area contributed by atoms with Crippen LogP contribution in [0.2, 0.25) is 0 Å². The molecule has 14 heavy (non-hydrogen) atoms. The van der Waals surface area contributed by atoms with Gasteiger partial charge in [-0.3, -0.25) is 4.68 Å². The van der Waals surface area contributed by atoms with Gasteiger partial charge in [-0.05, 0) is 12.8 Å². The molecule has 2 rings (SSSR count). The summed E-state index contributed by atoms with van der Waals surface area (Å²) in [7, 11) is 1.90. The molecular weight excluding hydrogens is 176 g/mol. The lowest BCUT2D eigenvalue weighted by Gasteiger charge is -2.11. The molecule has 0 spiro atoms. The minimum atomic E-state index is 0.255. The number of nitrogens with zero attached hydrogens (tertiary/aromatic N) is 3. The van der Waals surface area contributed by atoms with Crippen LogP contribution >= 0.6 is 0 Å². The topological polar surface area (TPSA) is 53.6 Å². The van der Waals surface area contributed by atoms with Crippen molar-refractivity contribution in [3.63, 3.8) is 0 Å². The first kappa shape index (κ1) is 9.07. The van der Waals surface area contributed by atoms with Gasteiger partial charge in [-0.15, -0.1) is 0 Å². The Hall–Kier alpha value is -1.50. The first-order chi connectivity index (χ1) is 6.74. The second-order valence-corrected chi connectivity index (χ2v) is 4.09. The van der Waals surface area contributed by atoms with E-state index in [2.05, 4.69) is 16.5 Å². The lowest BCUT2D eigenvalue weighted by atomic mass is 10.0. The van der Waals surface area contributed by atoms with E-state index in [4.69, 9.17) is 5.26 Å². The van der Waals surface area contributed by atoms with Crippen molar-refractivity contribution in [2.24, 2.45) is 12.5 Å². The molecule has 0 atom stereocenters. The van der Waals surface area contributed by atoms with Crippen molar-refractivity contribution in [1.82, 2.24) is 9.78 Å². The lowest BCUT2D eigenvalue weighted by molar-refractivity contribution is 0.557. The maximum atomic E-state index is 8.65. The predicted octanol–water partition coefficient (Wildman–Crippen LogP) is 1.53. The fraction of sp³-hybridized carbons (Fsp3) is 0.600. The van der Waals surface area contributed by atoms with Crippen LogP contribution in [0.3, 0.4) is 0 Å². The molecule has 1 aliphatic rings. The standard InChI is InChI=1S/C10H14N4/c1-14-7-9(6-13-14)12-8-10(2-3-10)4-5-11/h6-7,12H,2-4,8H2,1H3. The van der Waals surface area contributed by atoms with E-state index in [1.807, 2.05) is 19.4 Å². The van der Waals surface area contributed by atoms with E-state index in [-0.39, 0.29) is 5.41 Å². The number of hydrogen-bond acceptors (Lipinski definition) is 3. The average Bonchev–Trinajstić information content (AvgIpc) is 2.80. The maximum Gasteiger partial charge on any atom is 0.0726 e. The second-order valence-electron chi connectivity index (χ2n) is 4.09. The molecule has 1 heterocycles. The van der Waals surface area contributed by atoms with Crippen LogP contribution in [-0.4, -0.2) is 16.3 Å². The summed E-state index contributed by atoms with van der Waals surface area (Å²) in [6.07, 6.45) is 6.77. The van der Waals surface area contributed by atoms with Gasteiger partial charge in [-0.2, -0.15) is 10.4 Å². The lowest BCUT2D eigenvalue weighted by Crippen LogP contribution is -2.14. The molecule has 1 aromatic heterocycles. The summed E-state index contributed by atoms with van der Waals surface area (Å²) >= 11 is 0. The second kappa shape index (κ2) is 3.33. The summed E-state index contributed by atoms with van der Waals surface area (Å²) in [6, 6.07) is 2.25. The molecule has 1 aliphatic carbocycles. The van der Waals surface area contributed by atoms with E-state index >= 15 is 0 Å². The molecule has 0 saturated heterocycles. The molecule has 0 aliphatic heterocycles. The SMILES string of the molecule is Cn1cc(NCC2(CC#N)CC2)cn1. The smallest absolute Gasteiger partial charge is 0.0726 e. The molecular formula is C10H14N4. The molecule has 4 nitrogen and oxygen atoms in total. The minimum Gasteiger partial charge on any atom is -0.382 e. The quantitative estimate of drug-likeness (QED) is 0.783. The molecule has 1 N–H and O–H groups in total. The molecule has 0 aromatic carbocycles. The van der Waals surface area contributed by atoms with Crippen molar-refractivity contribution in [2.75, 3.05) is 11.9 Å². The van der Waals surface area contributed by atoms with Crippen molar-refractivity contribution < 1.29 is 0 Å². The molecule has 0 unspecified atom stereocenters. The van der Waals surface area contributed by atoms with Gasteiger partial charge in [0, 0.05) is 31.6 Å². The van der Waals surface area contributed by atoms with Crippen molar-refractivity contribution in [1.29, 1.82) is 5.26 Å². The van der Waals surface area contributed by atoms with Gasteiger partial charge in [0.2, 0.25) is 0 Å². The van der Waals surface area contributed by atoms with E-state index < -0.39 is 0 Å². The fourth-order valence-electron chi connectivity index (χ4n) is 1.56. The number of rotatable bonds is 4. The van der Waals surface area contributed by atoms with Gasteiger partial charge in [0.05, 0.1) is 18.0 Å². The summed E-state index contributed by atoms with van der Waals surface area (Å²) in [5.74, 6) is 0. The summed E-state index contributed by atoms with van der Waals surface area (Å²) in [5, 5.41) is 16.0. The normalized spacial score (nSPS) is 17.4. The first-order valence-corrected chi connectivity index (χ1v) is 4.84. The van der Waals surface area contributed by atoms with E-state index in [1.165, 1.54) is 12.8 Å². The van der Waals surface area contributed by atoms with Crippen LogP contribution in [0.5, 0.6) is 0 Å². The Morgan fingerprint density at radius 1 is 1.71 bits per heavy atom. The number of nitriles is 1. The molecule has 1 aromatic rings.